The van der Waals surface area contributed by atoms with Crippen molar-refractivity contribution in [3.8, 4) is 34.5 Å². The van der Waals surface area contributed by atoms with Gasteiger partial charge in [-0.05, 0) is 120 Å². The van der Waals surface area contributed by atoms with Gasteiger partial charge < -0.3 is 33.5 Å². The van der Waals surface area contributed by atoms with Crippen LogP contribution in [0.5, 0.6) is 34.5 Å². The highest BCUT2D eigenvalue weighted by atomic mass is 16.5. The molecule has 0 saturated carbocycles. The lowest BCUT2D eigenvalue weighted by Gasteiger charge is -2.21. The molecule has 0 amide bonds. The minimum Gasteiger partial charge on any atom is -0.490 e. The van der Waals surface area contributed by atoms with Crippen LogP contribution in [0.25, 0.3) is 32.3 Å². The second kappa shape index (κ2) is 26.4. The summed E-state index contributed by atoms with van der Waals surface area (Å²) in [5.41, 5.74) is 0. The van der Waals surface area contributed by atoms with Crippen LogP contribution in [0.3, 0.4) is 0 Å². The van der Waals surface area contributed by atoms with Crippen LogP contribution in [0.15, 0.2) is 36.4 Å². The smallest absolute Gasteiger partial charge is 0.161 e. The fourth-order valence-electron chi connectivity index (χ4n) is 7.11. The van der Waals surface area contributed by atoms with E-state index in [0.717, 1.165) is 189 Å². The van der Waals surface area contributed by atoms with Crippen LogP contribution in [0.2, 0.25) is 0 Å². The molecule has 0 spiro atoms. The Hall–Kier alpha value is -3.58. The highest BCUT2D eigenvalue weighted by Gasteiger charge is 2.20. The Morgan fingerprint density at radius 1 is 0.286 bits per heavy atom. The molecule has 0 aliphatic heterocycles. The van der Waals surface area contributed by atoms with Gasteiger partial charge in [-0.1, -0.05) is 105 Å². The largest absolute Gasteiger partial charge is 0.490 e. The van der Waals surface area contributed by atoms with E-state index in [0.29, 0.717) is 39.6 Å². The van der Waals surface area contributed by atoms with E-state index in [1.807, 2.05) is 0 Å². The first-order valence-electron chi connectivity index (χ1n) is 22.5. The van der Waals surface area contributed by atoms with Crippen molar-refractivity contribution in [3.63, 3.8) is 0 Å². The third-order valence-corrected chi connectivity index (χ3v) is 10.5. The van der Waals surface area contributed by atoms with Crippen LogP contribution in [-0.4, -0.2) is 51.4 Å². The van der Waals surface area contributed by atoms with Gasteiger partial charge in [-0.3, -0.25) is 0 Å². The summed E-state index contributed by atoms with van der Waals surface area (Å²) >= 11 is 0. The molecule has 7 nitrogen and oxygen atoms in total. The molecular weight excluding hydrogens is 701 g/mol. The Morgan fingerprint density at radius 2 is 0.482 bits per heavy atom. The second-order valence-electron chi connectivity index (χ2n) is 15.3. The monoisotopic (exact) mass is 775 g/mol. The van der Waals surface area contributed by atoms with Crippen molar-refractivity contribution in [1.82, 2.24) is 0 Å². The molecule has 1 N–H and O–H groups in total. The van der Waals surface area contributed by atoms with Gasteiger partial charge in [-0.2, -0.15) is 0 Å². The molecule has 0 fully saturated rings. The summed E-state index contributed by atoms with van der Waals surface area (Å²) in [7, 11) is 0. The predicted octanol–water partition coefficient (Wildman–Crippen LogP) is 13.9. The zero-order chi connectivity index (χ0) is 39.8. The van der Waals surface area contributed by atoms with Crippen molar-refractivity contribution in [3.05, 3.63) is 36.4 Å². The zero-order valence-corrected chi connectivity index (χ0v) is 35.7. The van der Waals surface area contributed by atoms with Crippen LogP contribution < -0.4 is 28.4 Å². The van der Waals surface area contributed by atoms with Gasteiger partial charge in [0.2, 0.25) is 0 Å². The molecule has 4 rings (SSSR count). The first-order valence-corrected chi connectivity index (χ1v) is 22.5. The van der Waals surface area contributed by atoms with E-state index in [4.69, 9.17) is 28.4 Å². The number of hydrogen-bond donors (Lipinski definition) is 1. The van der Waals surface area contributed by atoms with Gasteiger partial charge in [0.15, 0.2) is 34.5 Å². The van der Waals surface area contributed by atoms with Gasteiger partial charge in [0.05, 0.1) is 39.6 Å². The van der Waals surface area contributed by atoms with Crippen LogP contribution >= 0.6 is 0 Å². The normalized spacial score (nSPS) is 11.5. The molecule has 0 aliphatic rings. The van der Waals surface area contributed by atoms with Gasteiger partial charge in [0.1, 0.15) is 0 Å². The standard InChI is InChI=1S/C49H74O7/c1-6-11-19-26-51-44-32-38-39-33-45(52-27-20-12-7-2)47(54-29-22-14-9-4)35-41(39)43-37-49(56-31-24-17-16-18-25-50)48(55-30-23-15-10-5)36-42(43)40(38)34-46(44)53-28-21-13-8-3/h32-37,50H,6-31H2,1-5H3. The van der Waals surface area contributed by atoms with E-state index in [9.17, 15) is 5.11 Å². The quantitative estimate of drug-likeness (QED) is 0.0391. The fraction of sp³-hybridized carbons (Fsp3) is 0.633. The van der Waals surface area contributed by atoms with E-state index < -0.39 is 0 Å². The third kappa shape index (κ3) is 13.8. The average Bonchev–Trinajstić information content (AvgIpc) is 3.21. The maximum absolute atomic E-state index is 9.27. The molecule has 312 valence electrons. The molecule has 0 unspecified atom stereocenters. The van der Waals surface area contributed by atoms with Gasteiger partial charge in [-0.15, -0.1) is 0 Å². The summed E-state index contributed by atoms with van der Waals surface area (Å²) in [6.45, 7) is 15.1. The summed E-state index contributed by atoms with van der Waals surface area (Å²) in [4.78, 5) is 0. The van der Waals surface area contributed by atoms with Crippen molar-refractivity contribution in [1.29, 1.82) is 0 Å². The molecule has 0 bridgehead atoms. The van der Waals surface area contributed by atoms with E-state index in [1.54, 1.807) is 0 Å². The number of hydrogen-bond acceptors (Lipinski definition) is 7. The molecule has 4 aromatic rings. The molecular formula is C49H74O7. The maximum atomic E-state index is 9.27. The van der Waals surface area contributed by atoms with Crippen molar-refractivity contribution in [2.75, 3.05) is 46.2 Å². The molecule has 0 saturated heterocycles. The summed E-state index contributed by atoms with van der Waals surface area (Å²) < 4.78 is 39.3. The van der Waals surface area contributed by atoms with Crippen molar-refractivity contribution in [2.24, 2.45) is 0 Å². The van der Waals surface area contributed by atoms with Gasteiger partial charge in [0, 0.05) is 6.61 Å². The number of unbranched alkanes of at least 4 members (excludes halogenated alkanes) is 13. The maximum Gasteiger partial charge on any atom is 0.161 e. The minimum absolute atomic E-state index is 0.232. The summed E-state index contributed by atoms with van der Waals surface area (Å²) in [5, 5.41) is 15.8. The lowest BCUT2D eigenvalue weighted by atomic mass is 9.93. The second-order valence-corrected chi connectivity index (χ2v) is 15.3. The van der Waals surface area contributed by atoms with E-state index in [2.05, 4.69) is 71.0 Å². The number of aliphatic hydroxyl groups excluding tert-OH is 1. The van der Waals surface area contributed by atoms with Gasteiger partial charge in [0.25, 0.3) is 0 Å². The number of benzene rings is 4. The highest BCUT2D eigenvalue weighted by Crippen LogP contribution is 2.47. The van der Waals surface area contributed by atoms with Gasteiger partial charge in [-0.25, -0.2) is 0 Å². The fourth-order valence-corrected chi connectivity index (χ4v) is 7.11. The lowest BCUT2D eigenvalue weighted by molar-refractivity contribution is 0.255. The summed E-state index contributed by atoms with van der Waals surface area (Å²) in [6, 6.07) is 13.1. The summed E-state index contributed by atoms with van der Waals surface area (Å²) in [6.07, 6.45) is 20.0. The van der Waals surface area contributed by atoms with Crippen molar-refractivity contribution in [2.45, 2.75) is 157 Å². The molecule has 0 heterocycles. The Labute approximate surface area is 338 Å². The highest BCUT2D eigenvalue weighted by molar-refractivity contribution is 6.26. The molecule has 0 aromatic heterocycles. The molecule has 0 atom stereocenters. The Bertz CT molecular complexity index is 1650. The number of ether oxygens (including phenoxy) is 6. The molecule has 0 radical (unpaired) electrons. The summed E-state index contributed by atoms with van der Waals surface area (Å²) in [5.74, 6) is 4.66. The molecule has 7 heteroatoms. The van der Waals surface area contributed by atoms with E-state index >= 15 is 0 Å². The zero-order valence-electron chi connectivity index (χ0n) is 35.7. The number of aliphatic hydroxyl groups is 1. The SMILES string of the molecule is CCCCCOc1cc2c3cc(OCCCCC)c(OCCCCC)cc3c3cc(OCCCCCCO)c(OCCCCC)cc3c2cc1OCCCCC. The Balaban J connectivity index is 1.97. The van der Waals surface area contributed by atoms with Gasteiger partial charge >= 0.3 is 0 Å². The first-order chi connectivity index (χ1) is 27.6. The van der Waals surface area contributed by atoms with Crippen LogP contribution in [0.1, 0.15) is 157 Å². The van der Waals surface area contributed by atoms with Crippen LogP contribution in [0, 0.1) is 0 Å². The van der Waals surface area contributed by atoms with E-state index in [1.165, 1.54) is 0 Å². The molecule has 4 aromatic carbocycles. The van der Waals surface area contributed by atoms with Crippen molar-refractivity contribution < 1.29 is 33.5 Å². The van der Waals surface area contributed by atoms with Crippen molar-refractivity contribution >= 4 is 32.3 Å². The molecule has 56 heavy (non-hydrogen) atoms. The molecule has 0 aliphatic carbocycles. The average molecular weight is 775 g/mol. The third-order valence-electron chi connectivity index (χ3n) is 10.5. The number of fused-ring (bicyclic) bond motifs is 6. The lowest BCUT2D eigenvalue weighted by Crippen LogP contribution is -2.05. The van der Waals surface area contributed by atoms with Crippen LogP contribution in [0.4, 0.5) is 0 Å². The number of rotatable bonds is 32. The predicted molar refractivity (Wildman–Crippen MR) is 235 cm³/mol. The minimum atomic E-state index is 0.232. The Morgan fingerprint density at radius 3 is 0.679 bits per heavy atom. The topological polar surface area (TPSA) is 75.6 Å². The first kappa shape index (κ1) is 45.1. The Kier molecular flexibility index (Phi) is 21.2. The van der Waals surface area contributed by atoms with Crippen LogP contribution in [-0.2, 0) is 0 Å². The van der Waals surface area contributed by atoms with E-state index in [-0.39, 0.29) is 6.61 Å².